The van der Waals surface area contributed by atoms with E-state index in [9.17, 15) is 14.4 Å². The molecular formula is C32H29N3O3. The molecule has 4 aromatic rings. The lowest BCUT2D eigenvalue weighted by molar-refractivity contribution is -0.160. The maximum absolute atomic E-state index is 14.5. The molecule has 0 radical (unpaired) electrons. The maximum atomic E-state index is 14.5. The van der Waals surface area contributed by atoms with Crippen molar-refractivity contribution >= 4 is 34.3 Å². The number of nitrogens with one attached hydrogen (secondary N) is 1. The first-order valence-corrected chi connectivity index (χ1v) is 12.8. The summed E-state index contributed by atoms with van der Waals surface area (Å²) >= 11 is 0. The first-order chi connectivity index (χ1) is 18.2. The van der Waals surface area contributed by atoms with Crippen LogP contribution in [0.5, 0.6) is 0 Å². The number of fused-ring (bicyclic) bond motifs is 3. The van der Waals surface area contributed by atoms with E-state index >= 15 is 0 Å². The molecule has 1 saturated heterocycles. The number of benzene rings is 4. The molecule has 4 aromatic carbocycles. The van der Waals surface area contributed by atoms with Crippen LogP contribution in [0.15, 0.2) is 84.9 Å². The van der Waals surface area contributed by atoms with Crippen LogP contribution in [-0.4, -0.2) is 41.7 Å². The molecule has 6 heteroatoms. The van der Waals surface area contributed by atoms with Crippen LogP contribution in [0, 0.1) is 19.3 Å². The van der Waals surface area contributed by atoms with E-state index in [2.05, 4.69) is 17.4 Å². The fraction of sp³-hybridized carbons (Fsp3) is 0.219. The van der Waals surface area contributed by atoms with Crippen molar-refractivity contribution in [3.8, 4) is 0 Å². The van der Waals surface area contributed by atoms with Gasteiger partial charge < -0.3 is 5.32 Å². The van der Waals surface area contributed by atoms with Crippen molar-refractivity contribution in [3.05, 3.63) is 113 Å². The fourth-order valence-electron chi connectivity index (χ4n) is 6.21. The number of amides is 4. The molecular weight excluding hydrogens is 474 g/mol. The normalized spacial score (nSPS) is 20.6. The molecule has 0 aromatic heterocycles. The molecule has 0 saturated carbocycles. The van der Waals surface area contributed by atoms with Crippen LogP contribution in [0.25, 0.3) is 10.8 Å². The Morgan fingerprint density at radius 2 is 1.24 bits per heavy atom. The van der Waals surface area contributed by atoms with Gasteiger partial charge in [-0.05, 0) is 35.9 Å². The second-order valence-corrected chi connectivity index (χ2v) is 10.5. The predicted molar refractivity (Wildman–Crippen MR) is 148 cm³/mol. The highest BCUT2D eigenvalue weighted by atomic mass is 16.2. The summed E-state index contributed by atoms with van der Waals surface area (Å²) in [6.45, 7) is 4.01. The Morgan fingerprint density at radius 1 is 0.684 bits per heavy atom. The number of barbiturate groups is 1. The van der Waals surface area contributed by atoms with Crippen LogP contribution in [0.2, 0.25) is 0 Å². The molecule has 2 aliphatic heterocycles. The van der Waals surface area contributed by atoms with Gasteiger partial charge in [-0.25, -0.2) is 4.79 Å². The van der Waals surface area contributed by atoms with E-state index in [1.807, 2.05) is 86.6 Å². The molecule has 0 bridgehead atoms. The summed E-state index contributed by atoms with van der Waals surface area (Å²) < 4.78 is 0. The zero-order chi connectivity index (χ0) is 26.8. The quantitative estimate of drug-likeness (QED) is 0.352. The van der Waals surface area contributed by atoms with Gasteiger partial charge in [-0.2, -0.15) is 0 Å². The molecule has 1 N–H and O–H groups in total. The third-order valence-electron chi connectivity index (χ3n) is 8.18. The minimum atomic E-state index is -1.63. The Kier molecular flexibility index (Phi) is 5.38. The molecule has 2 aliphatic rings. The molecule has 2 atom stereocenters. The van der Waals surface area contributed by atoms with Crippen LogP contribution >= 0.6 is 0 Å². The third-order valence-corrected chi connectivity index (χ3v) is 8.18. The first-order valence-electron chi connectivity index (χ1n) is 12.8. The predicted octanol–water partition coefficient (Wildman–Crippen LogP) is 5.79. The van der Waals surface area contributed by atoms with Crippen LogP contribution in [-0.2, 0) is 9.59 Å². The Labute approximate surface area is 221 Å². The standard InChI is InChI=1S/C32H29N3O3/c1-19-9-13-22(14-10-19)26-25-18-17-21-7-5-6-8-24(21)27(25)33-28(23-15-11-20(2)12-16-23)32(26)29(36)34(3)31(38)35(4)30(32)37/h5-18,26,28,33H,1-4H3. The summed E-state index contributed by atoms with van der Waals surface area (Å²) in [6, 6.07) is 26.7. The summed E-state index contributed by atoms with van der Waals surface area (Å²) in [5.74, 6) is -1.64. The molecule has 0 aliphatic carbocycles. The van der Waals surface area contributed by atoms with Crippen molar-refractivity contribution in [2.45, 2.75) is 25.8 Å². The minimum Gasteiger partial charge on any atom is -0.376 e. The largest absolute Gasteiger partial charge is 0.376 e. The molecule has 6 rings (SSSR count). The average molecular weight is 504 g/mol. The monoisotopic (exact) mass is 503 g/mol. The van der Waals surface area contributed by atoms with Gasteiger partial charge in [-0.3, -0.25) is 19.4 Å². The zero-order valence-electron chi connectivity index (χ0n) is 21.9. The Bertz CT molecular complexity index is 1580. The molecule has 2 heterocycles. The summed E-state index contributed by atoms with van der Waals surface area (Å²) in [6.07, 6.45) is 0. The maximum Gasteiger partial charge on any atom is 0.332 e. The molecule has 38 heavy (non-hydrogen) atoms. The van der Waals surface area contributed by atoms with E-state index in [0.717, 1.165) is 54.1 Å². The topological polar surface area (TPSA) is 69.7 Å². The van der Waals surface area contributed by atoms with Crippen LogP contribution in [0.3, 0.4) is 0 Å². The highest BCUT2D eigenvalue weighted by Gasteiger charge is 2.66. The number of rotatable bonds is 2. The van der Waals surface area contributed by atoms with E-state index in [1.165, 1.54) is 14.1 Å². The van der Waals surface area contributed by atoms with Crippen molar-refractivity contribution < 1.29 is 14.4 Å². The van der Waals surface area contributed by atoms with Crippen LogP contribution in [0.4, 0.5) is 10.5 Å². The van der Waals surface area contributed by atoms with E-state index < -0.39 is 35.2 Å². The Balaban J connectivity index is 1.75. The number of imide groups is 2. The number of nitrogens with zero attached hydrogens (tertiary/aromatic N) is 2. The average Bonchev–Trinajstić information content (AvgIpc) is 2.94. The highest BCUT2D eigenvalue weighted by molar-refractivity contribution is 6.21. The van der Waals surface area contributed by atoms with Gasteiger partial charge in [-0.15, -0.1) is 0 Å². The summed E-state index contributed by atoms with van der Waals surface area (Å²) in [4.78, 5) is 44.1. The van der Waals surface area contributed by atoms with Gasteiger partial charge in [0.15, 0.2) is 5.41 Å². The van der Waals surface area contributed by atoms with Crippen LogP contribution < -0.4 is 5.32 Å². The van der Waals surface area contributed by atoms with Gasteiger partial charge in [0.1, 0.15) is 0 Å². The first kappa shape index (κ1) is 23.9. The van der Waals surface area contributed by atoms with Gasteiger partial charge in [0.2, 0.25) is 11.8 Å². The van der Waals surface area contributed by atoms with Gasteiger partial charge in [-0.1, -0.05) is 96.1 Å². The molecule has 4 amide bonds. The van der Waals surface area contributed by atoms with Crippen molar-refractivity contribution in [1.82, 2.24) is 9.80 Å². The number of urea groups is 1. The molecule has 1 fully saturated rings. The molecule has 190 valence electrons. The lowest BCUT2D eigenvalue weighted by Gasteiger charge is -2.53. The van der Waals surface area contributed by atoms with E-state index in [1.54, 1.807) is 0 Å². The lowest BCUT2D eigenvalue weighted by atomic mass is 9.58. The highest BCUT2D eigenvalue weighted by Crippen LogP contribution is 2.59. The second-order valence-electron chi connectivity index (χ2n) is 10.5. The van der Waals surface area contributed by atoms with Gasteiger partial charge >= 0.3 is 6.03 Å². The Hall–Kier alpha value is -4.45. The van der Waals surface area contributed by atoms with Crippen molar-refractivity contribution in [3.63, 3.8) is 0 Å². The van der Waals surface area contributed by atoms with Crippen molar-refractivity contribution in [2.75, 3.05) is 19.4 Å². The number of anilines is 1. The fourth-order valence-corrected chi connectivity index (χ4v) is 6.21. The van der Waals surface area contributed by atoms with Crippen molar-refractivity contribution in [1.29, 1.82) is 0 Å². The summed E-state index contributed by atoms with van der Waals surface area (Å²) in [5, 5.41) is 5.73. The molecule has 1 spiro atoms. The molecule has 2 unspecified atom stereocenters. The van der Waals surface area contributed by atoms with Gasteiger partial charge in [0.05, 0.1) is 6.04 Å². The summed E-state index contributed by atoms with van der Waals surface area (Å²) in [5.41, 5.74) is 3.94. The molecule has 6 nitrogen and oxygen atoms in total. The third kappa shape index (κ3) is 3.23. The number of aryl methyl sites for hydroxylation is 2. The number of carbonyl (C=O) groups is 3. The van der Waals surface area contributed by atoms with E-state index in [4.69, 9.17) is 0 Å². The van der Waals surface area contributed by atoms with Gasteiger partial charge in [0.25, 0.3) is 0 Å². The van der Waals surface area contributed by atoms with Crippen molar-refractivity contribution in [2.24, 2.45) is 5.41 Å². The second kappa shape index (κ2) is 8.55. The number of hydrogen-bond donors (Lipinski definition) is 1. The van der Waals surface area contributed by atoms with E-state index in [-0.39, 0.29) is 0 Å². The summed E-state index contributed by atoms with van der Waals surface area (Å²) in [7, 11) is 2.92. The smallest absolute Gasteiger partial charge is 0.332 e. The SMILES string of the molecule is Cc1ccc(C2Nc3c(ccc4ccccc34)C(c3ccc(C)cc3)C23C(=O)N(C)C(=O)N(C)C3=O)cc1. The van der Waals surface area contributed by atoms with Gasteiger partial charge in [0, 0.05) is 31.1 Å². The Morgan fingerprint density at radius 3 is 1.84 bits per heavy atom. The number of carbonyl (C=O) groups excluding carboxylic acids is 3. The van der Waals surface area contributed by atoms with Crippen LogP contribution in [0.1, 0.15) is 39.8 Å². The lowest BCUT2D eigenvalue weighted by Crippen LogP contribution is -2.68. The number of hydrogen-bond acceptors (Lipinski definition) is 4. The van der Waals surface area contributed by atoms with E-state index in [0.29, 0.717) is 0 Å². The zero-order valence-corrected chi connectivity index (χ0v) is 21.9. The minimum absolute atomic E-state index is 0.506.